The summed E-state index contributed by atoms with van der Waals surface area (Å²) in [6.07, 6.45) is 0. The molecule has 148 valence electrons. The summed E-state index contributed by atoms with van der Waals surface area (Å²) in [6.45, 7) is 5.41. The van der Waals surface area contributed by atoms with Crippen LogP contribution >= 0.6 is 0 Å². The number of benzene rings is 2. The van der Waals surface area contributed by atoms with E-state index in [1.807, 2.05) is 32.9 Å². The first-order chi connectivity index (χ1) is 13.2. The standard InChI is InChI=1S/C21H24FN3O3/c1-13-9-14(2)20(15(3)10-13)24-18(26)12-25(4)19(27)11-23-21(28)16-5-7-17(22)8-6-16/h5-10H,11-12H2,1-4H3,(H,23,28)(H,24,26). The predicted octanol–water partition coefficient (Wildman–Crippen LogP) is 2.58. The van der Waals surface area contributed by atoms with Gasteiger partial charge in [-0.05, 0) is 56.2 Å². The Hall–Kier alpha value is -3.22. The monoisotopic (exact) mass is 385 g/mol. The number of nitrogens with one attached hydrogen (secondary N) is 2. The van der Waals surface area contributed by atoms with Crippen LogP contribution in [0, 0.1) is 26.6 Å². The molecule has 0 atom stereocenters. The average Bonchev–Trinajstić information content (AvgIpc) is 2.62. The first-order valence-electron chi connectivity index (χ1n) is 8.83. The second-order valence-electron chi connectivity index (χ2n) is 6.76. The van der Waals surface area contributed by atoms with Crippen LogP contribution in [-0.2, 0) is 9.59 Å². The van der Waals surface area contributed by atoms with Gasteiger partial charge < -0.3 is 15.5 Å². The topological polar surface area (TPSA) is 78.5 Å². The maximum Gasteiger partial charge on any atom is 0.251 e. The van der Waals surface area contributed by atoms with Gasteiger partial charge in [0.25, 0.3) is 5.91 Å². The summed E-state index contributed by atoms with van der Waals surface area (Å²) in [7, 11) is 1.49. The smallest absolute Gasteiger partial charge is 0.251 e. The number of aryl methyl sites for hydroxylation is 3. The van der Waals surface area contributed by atoms with Crippen LogP contribution in [0.3, 0.4) is 0 Å². The van der Waals surface area contributed by atoms with E-state index in [2.05, 4.69) is 10.6 Å². The zero-order valence-electron chi connectivity index (χ0n) is 16.4. The summed E-state index contributed by atoms with van der Waals surface area (Å²) in [6, 6.07) is 8.95. The Balaban J connectivity index is 1.87. The van der Waals surface area contributed by atoms with Crippen LogP contribution in [0.4, 0.5) is 10.1 Å². The van der Waals surface area contributed by atoms with Crippen molar-refractivity contribution in [1.29, 1.82) is 0 Å². The van der Waals surface area contributed by atoms with Gasteiger partial charge in [-0.3, -0.25) is 14.4 Å². The van der Waals surface area contributed by atoms with E-state index in [1.165, 1.54) is 36.2 Å². The van der Waals surface area contributed by atoms with E-state index in [1.54, 1.807) is 0 Å². The maximum atomic E-state index is 12.9. The van der Waals surface area contributed by atoms with Crippen molar-refractivity contribution in [1.82, 2.24) is 10.2 Å². The van der Waals surface area contributed by atoms with Gasteiger partial charge in [0.05, 0.1) is 13.1 Å². The number of carbonyl (C=O) groups excluding carboxylic acids is 3. The summed E-state index contributed by atoms with van der Waals surface area (Å²) in [5.74, 6) is -1.67. The lowest BCUT2D eigenvalue weighted by Crippen LogP contribution is -2.41. The van der Waals surface area contributed by atoms with E-state index in [0.29, 0.717) is 0 Å². The highest BCUT2D eigenvalue weighted by molar-refractivity contribution is 5.98. The minimum absolute atomic E-state index is 0.141. The highest BCUT2D eigenvalue weighted by atomic mass is 19.1. The molecule has 3 amide bonds. The lowest BCUT2D eigenvalue weighted by molar-refractivity contribution is -0.132. The van der Waals surface area contributed by atoms with Gasteiger partial charge >= 0.3 is 0 Å². The molecule has 2 N–H and O–H groups in total. The first-order valence-corrected chi connectivity index (χ1v) is 8.83. The summed E-state index contributed by atoms with van der Waals surface area (Å²) in [4.78, 5) is 37.7. The largest absolute Gasteiger partial charge is 0.343 e. The summed E-state index contributed by atoms with van der Waals surface area (Å²) in [5, 5.41) is 5.29. The molecule has 0 aliphatic carbocycles. The van der Waals surface area contributed by atoms with Crippen molar-refractivity contribution in [3.63, 3.8) is 0 Å². The van der Waals surface area contributed by atoms with Crippen LogP contribution in [0.5, 0.6) is 0 Å². The number of hydrogen-bond acceptors (Lipinski definition) is 3. The number of nitrogens with zero attached hydrogens (tertiary/aromatic N) is 1. The summed E-state index contributed by atoms with van der Waals surface area (Å²) < 4.78 is 12.9. The third kappa shape index (κ3) is 5.64. The van der Waals surface area contributed by atoms with Gasteiger partial charge in [0, 0.05) is 18.3 Å². The van der Waals surface area contributed by atoms with Crippen LogP contribution < -0.4 is 10.6 Å². The van der Waals surface area contributed by atoms with E-state index in [-0.39, 0.29) is 24.6 Å². The Morgan fingerprint density at radius 2 is 1.57 bits per heavy atom. The zero-order valence-corrected chi connectivity index (χ0v) is 16.4. The van der Waals surface area contributed by atoms with Crippen LogP contribution in [0.1, 0.15) is 27.0 Å². The van der Waals surface area contributed by atoms with Gasteiger partial charge in [-0.25, -0.2) is 4.39 Å². The lowest BCUT2D eigenvalue weighted by Gasteiger charge is -2.18. The number of likely N-dealkylation sites (N-methyl/N-ethyl adjacent to an activating group) is 1. The molecule has 28 heavy (non-hydrogen) atoms. The Labute approximate surface area is 163 Å². The Kier molecular flexibility index (Phi) is 6.87. The van der Waals surface area contributed by atoms with Gasteiger partial charge in [0.2, 0.25) is 11.8 Å². The molecule has 0 heterocycles. The molecular weight excluding hydrogens is 361 g/mol. The van der Waals surface area contributed by atoms with Gasteiger partial charge in [0.1, 0.15) is 5.82 Å². The van der Waals surface area contributed by atoms with E-state index in [0.717, 1.165) is 22.4 Å². The lowest BCUT2D eigenvalue weighted by atomic mass is 10.1. The third-order valence-electron chi connectivity index (χ3n) is 4.25. The molecule has 0 unspecified atom stereocenters. The van der Waals surface area contributed by atoms with E-state index >= 15 is 0 Å². The molecule has 2 aromatic carbocycles. The van der Waals surface area contributed by atoms with Crippen molar-refractivity contribution in [2.75, 3.05) is 25.5 Å². The fourth-order valence-electron chi connectivity index (χ4n) is 2.85. The fraction of sp³-hybridized carbons (Fsp3) is 0.286. The predicted molar refractivity (Wildman–Crippen MR) is 106 cm³/mol. The van der Waals surface area contributed by atoms with Gasteiger partial charge in [0.15, 0.2) is 0 Å². The molecule has 0 aromatic heterocycles. The molecule has 0 bridgehead atoms. The fourth-order valence-corrected chi connectivity index (χ4v) is 2.85. The minimum atomic E-state index is -0.489. The average molecular weight is 385 g/mol. The Morgan fingerprint density at radius 1 is 1.00 bits per heavy atom. The maximum absolute atomic E-state index is 12.9. The quantitative estimate of drug-likeness (QED) is 0.802. The van der Waals surface area contributed by atoms with Crippen molar-refractivity contribution >= 4 is 23.4 Å². The normalized spacial score (nSPS) is 10.3. The summed E-state index contributed by atoms with van der Waals surface area (Å²) >= 11 is 0. The third-order valence-corrected chi connectivity index (χ3v) is 4.25. The molecule has 0 saturated heterocycles. The van der Waals surface area contributed by atoms with Crippen molar-refractivity contribution in [2.24, 2.45) is 0 Å². The molecule has 0 saturated carbocycles. The van der Waals surface area contributed by atoms with Crippen LogP contribution in [-0.4, -0.2) is 42.8 Å². The molecule has 6 nitrogen and oxygen atoms in total. The molecule has 2 aromatic rings. The summed E-state index contributed by atoms with van der Waals surface area (Å²) in [5.41, 5.74) is 4.00. The van der Waals surface area contributed by atoms with E-state index in [4.69, 9.17) is 0 Å². The molecule has 0 fully saturated rings. The molecule has 2 rings (SSSR count). The second kappa shape index (κ2) is 9.12. The molecule has 0 spiro atoms. The zero-order chi connectivity index (χ0) is 20.8. The van der Waals surface area contributed by atoms with Crippen LogP contribution in [0.25, 0.3) is 0 Å². The highest BCUT2D eigenvalue weighted by Crippen LogP contribution is 2.21. The first kappa shape index (κ1) is 21.1. The van der Waals surface area contributed by atoms with Gasteiger partial charge in [-0.15, -0.1) is 0 Å². The number of anilines is 1. The minimum Gasteiger partial charge on any atom is -0.343 e. The molecule has 0 aliphatic heterocycles. The molecule has 7 heteroatoms. The van der Waals surface area contributed by atoms with Crippen LogP contribution in [0.15, 0.2) is 36.4 Å². The Morgan fingerprint density at radius 3 is 2.14 bits per heavy atom. The molecular formula is C21H24FN3O3. The SMILES string of the molecule is Cc1cc(C)c(NC(=O)CN(C)C(=O)CNC(=O)c2ccc(F)cc2)c(C)c1. The number of carbonyl (C=O) groups is 3. The van der Waals surface area contributed by atoms with E-state index in [9.17, 15) is 18.8 Å². The number of hydrogen-bond donors (Lipinski definition) is 2. The van der Waals surface area contributed by atoms with Crippen molar-refractivity contribution < 1.29 is 18.8 Å². The highest BCUT2D eigenvalue weighted by Gasteiger charge is 2.16. The van der Waals surface area contributed by atoms with E-state index < -0.39 is 17.6 Å². The van der Waals surface area contributed by atoms with Crippen LogP contribution in [0.2, 0.25) is 0 Å². The molecule has 0 aliphatic rings. The number of halogens is 1. The second-order valence-corrected chi connectivity index (χ2v) is 6.76. The number of amides is 3. The molecule has 0 radical (unpaired) electrons. The Bertz CT molecular complexity index is 871. The van der Waals surface area contributed by atoms with Crippen molar-refractivity contribution in [2.45, 2.75) is 20.8 Å². The number of rotatable bonds is 6. The van der Waals surface area contributed by atoms with Gasteiger partial charge in [-0.2, -0.15) is 0 Å². The van der Waals surface area contributed by atoms with Crippen molar-refractivity contribution in [3.05, 3.63) is 64.5 Å². The van der Waals surface area contributed by atoms with Crippen molar-refractivity contribution in [3.8, 4) is 0 Å². The van der Waals surface area contributed by atoms with Gasteiger partial charge in [-0.1, -0.05) is 17.7 Å².